The average molecular weight is 385 g/mol. The number of thiophene rings is 1. The fourth-order valence-electron chi connectivity index (χ4n) is 3.67. The maximum atomic E-state index is 13.1. The third kappa shape index (κ3) is 3.40. The van der Waals surface area contributed by atoms with Gasteiger partial charge in [0.15, 0.2) is 0 Å². The number of benzene rings is 1. The summed E-state index contributed by atoms with van der Waals surface area (Å²) in [5.74, 6) is -0.443. The number of nitrogen functional groups attached to an aromatic ring is 1. The normalized spacial score (nSPS) is 18.1. The molecular weight excluding hydrogens is 365 g/mol. The first kappa shape index (κ1) is 17.9. The third-order valence-corrected chi connectivity index (χ3v) is 6.20. The quantitative estimate of drug-likeness (QED) is 0.717. The van der Waals surface area contributed by atoms with Gasteiger partial charge in [-0.1, -0.05) is 12.1 Å². The smallest absolute Gasteiger partial charge is 0.266 e. The van der Waals surface area contributed by atoms with E-state index in [-0.39, 0.29) is 17.8 Å². The Hall–Kier alpha value is -2.51. The van der Waals surface area contributed by atoms with E-state index in [1.807, 2.05) is 6.07 Å². The summed E-state index contributed by atoms with van der Waals surface area (Å²) >= 11 is 1.31. The van der Waals surface area contributed by atoms with Crippen LogP contribution >= 0.6 is 11.3 Å². The minimum atomic E-state index is -0.745. The summed E-state index contributed by atoms with van der Waals surface area (Å²) in [6.07, 6.45) is 3.07. The standard InChI is InChI=1S/C20H20FN3O2S/c21-13-7-5-12(6-8-13)16(25)11-14-3-2-10-24(14)20(26)18-17(22)15-4-1-9-23-19(15)27-18/h1,4-9,14,16,25H,2-3,10-11,22H2. The van der Waals surface area contributed by atoms with Crippen molar-refractivity contribution < 1.29 is 14.3 Å². The molecule has 4 rings (SSSR count). The Kier molecular flexibility index (Phi) is 4.80. The molecule has 2 aromatic heterocycles. The molecule has 140 valence electrons. The van der Waals surface area contributed by atoms with Crippen LogP contribution in [-0.4, -0.2) is 33.5 Å². The van der Waals surface area contributed by atoms with Gasteiger partial charge in [-0.15, -0.1) is 11.3 Å². The molecule has 1 aliphatic rings. The summed E-state index contributed by atoms with van der Waals surface area (Å²) in [5.41, 5.74) is 7.32. The summed E-state index contributed by atoms with van der Waals surface area (Å²) in [6, 6.07) is 9.42. The van der Waals surface area contributed by atoms with Crippen LogP contribution in [0, 0.1) is 5.82 Å². The van der Waals surface area contributed by atoms with Crippen molar-refractivity contribution in [2.24, 2.45) is 0 Å². The monoisotopic (exact) mass is 385 g/mol. The van der Waals surface area contributed by atoms with E-state index in [9.17, 15) is 14.3 Å². The molecule has 0 aliphatic carbocycles. The molecule has 0 radical (unpaired) electrons. The number of aliphatic hydroxyl groups is 1. The van der Waals surface area contributed by atoms with Crippen LogP contribution < -0.4 is 5.73 Å². The Morgan fingerprint density at radius 1 is 1.37 bits per heavy atom. The number of anilines is 1. The molecule has 7 heteroatoms. The minimum Gasteiger partial charge on any atom is -0.397 e. The van der Waals surface area contributed by atoms with E-state index in [1.165, 1.54) is 23.5 Å². The maximum absolute atomic E-state index is 13.1. The Bertz CT molecular complexity index is 973. The highest BCUT2D eigenvalue weighted by atomic mass is 32.1. The number of fused-ring (bicyclic) bond motifs is 1. The number of rotatable bonds is 4. The summed E-state index contributed by atoms with van der Waals surface area (Å²) in [5, 5.41) is 11.3. The van der Waals surface area contributed by atoms with E-state index < -0.39 is 6.10 Å². The van der Waals surface area contributed by atoms with Crippen LogP contribution in [-0.2, 0) is 0 Å². The van der Waals surface area contributed by atoms with Crippen LogP contribution in [0.2, 0.25) is 0 Å². The Morgan fingerprint density at radius 2 is 2.15 bits per heavy atom. The third-order valence-electron chi connectivity index (χ3n) is 5.09. The van der Waals surface area contributed by atoms with E-state index in [0.29, 0.717) is 29.1 Å². The first-order valence-electron chi connectivity index (χ1n) is 8.92. The van der Waals surface area contributed by atoms with Gasteiger partial charge in [-0.05, 0) is 49.1 Å². The van der Waals surface area contributed by atoms with E-state index in [4.69, 9.17) is 5.73 Å². The fourth-order valence-corrected chi connectivity index (χ4v) is 4.69. The van der Waals surface area contributed by atoms with Crippen LogP contribution in [0.25, 0.3) is 10.2 Å². The molecular formula is C20H20FN3O2S. The molecule has 5 nitrogen and oxygen atoms in total. The molecule has 3 N–H and O–H groups in total. The van der Waals surface area contributed by atoms with Gasteiger partial charge in [-0.3, -0.25) is 4.79 Å². The van der Waals surface area contributed by atoms with Crippen molar-refractivity contribution in [3.8, 4) is 0 Å². The number of hydrogen-bond donors (Lipinski definition) is 2. The number of halogens is 1. The van der Waals surface area contributed by atoms with E-state index >= 15 is 0 Å². The molecule has 1 aromatic carbocycles. The molecule has 0 bridgehead atoms. The summed E-state index contributed by atoms with van der Waals surface area (Å²) in [4.78, 5) is 20.4. The Balaban J connectivity index is 1.54. The number of nitrogens with two attached hydrogens (primary N) is 1. The minimum absolute atomic E-state index is 0.0740. The highest BCUT2D eigenvalue weighted by Crippen LogP contribution is 2.35. The molecule has 1 saturated heterocycles. The SMILES string of the molecule is Nc1c(C(=O)N2CCCC2CC(O)c2ccc(F)cc2)sc2ncccc12. The Labute approximate surface area is 160 Å². The summed E-state index contributed by atoms with van der Waals surface area (Å²) in [6.45, 7) is 0.640. The topological polar surface area (TPSA) is 79.5 Å². The fraction of sp³-hybridized carbons (Fsp3) is 0.300. The number of aliphatic hydroxyl groups excluding tert-OH is 1. The van der Waals surface area contributed by atoms with Gasteiger partial charge in [0.25, 0.3) is 5.91 Å². The van der Waals surface area contributed by atoms with Crippen LogP contribution in [0.1, 0.15) is 40.6 Å². The van der Waals surface area contributed by atoms with Gasteiger partial charge in [-0.25, -0.2) is 9.37 Å². The van der Waals surface area contributed by atoms with Gasteiger partial charge >= 0.3 is 0 Å². The zero-order valence-corrected chi connectivity index (χ0v) is 15.5. The second-order valence-corrected chi connectivity index (χ2v) is 7.80. The molecule has 27 heavy (non-hydrogen) atoms. The van der Waals surface area contributed by atoms with Gasteiger partial charge in [0, 0.05) is 24.2 Å². The second kappa shape index (κ2) is 7.25. The number of carbonyl (C=O) groups excluding carboxylic acids is 1. The zero-order valence-electron chi connectivity index (χ0n) is 14.6. The van der Waals surface area contributed by atoms with Crippen LogP contribution in [0.3, 0.4) is 0 Å². The molecule has 0 spiro atoms. The van der Waals surface area contributed by atoms with Gasteiger partial charge in [0.1, 0.15) is 15.5 Å². The lowest BCUT2D eigenvalue weighted by atomic mass is 10.0. The predicted octanol–water partition coefficient (Wildman–Crippen LogP) is 3.75. The van der Waals surface area contributed by atoms with Crippen molar-refractivity contribution in [3.05, 3.63) is 58.9 Å². The molecule has 2 atom stereocenters. The lowest BCUT2D eigenvalue weighted by Crippen LogP contribution is -2.36. The molecule has 3 heterocycles. The van der Waals surface area contributed by atoms with E-state index in [2.05, 4.69) is 4.98 Å². The maximum Gasteiger partial charge on any atom is 0.266 e. The lowest BCUT2D eigenvalue weighted by Gasteiger charge is -2.26. The van der Waals surface area contributed by atoms with E-state index in [1.54, 1.807) is 29.3 Å². The van der Waals surface area contributed by atoms with Gasteiger partial charge in [0.05, 0.1) is 11.8 Å². The number of likely N-dealkylation sites (tertiary alicyclic amines) is 1. The van der Waals surface area contributed by atoms with Gasteiger partial charge in [0.2, 0.25) is 0 Å². The first-order valence-corrected chi connectivity index (χ1v) is 9.73. The molecule has 1 aliphatic heterocycles. The van der Waals surface area contributed by atoms with Crippen molar-refractivity contribution in [3.63, 3.8) is 0 Å². The van der Waals surface area contributed by atoms with Crippen LogP contribution in [0.15, 0.2) is 42.6 Å². The van der Waals surface area contributed by atoms with Crippen molar-refractivity contribution in [1.82, 2.24) is 9.88 Å². The van der Waals surface area contributed by atoms with Crippen LogP contribution in [0.5, 0.6) is 0 Å². The van der Waals surface area contributed by atoms with Gasteiger partial charge in [-0.2, -0.15) is 0 Å². The molecule has 1 fully saturated rings. The highest BCUT2D eigenvalue weighted by Gasteiger charge is 2.33. The molecule has 2 unspecified atom stereocenters. The van der Waals surface area contributed by atoms with Crippen molar-refractivity contribution in [2.45, 2.75) is 31.4 Å². The number of hydrogen-bond acceptors (Lipinski definition) is 5. The number of carbonyl (C=O) groups is 1. The largest absolute Gasteiger partial charge is 0.397 e. The molecule has 3 aromatic rings. The average Bonchev–Trinajstić information content (AvgIpc) is 3.27. The summed E-state index contributed by atoms with van der Waals surface area (Å²) < 4.78 is 13.1. The zero-order chi connectivity index (χ0) is 19.0. The molecule has 0 saturated carbocycles. The van der Waals surface area contributed by atoms with Crippen molar-refractivity contribution in [2.75, 3.05) is 12.3 Å². The molecule has 1 amide bonds. The predicted molar refractivity (Wildman–Crippen MR) is 104 cm³/mol. The van der Waals surface area contributed by atoms with Crippen molar-refractivity contribution in [1.29, 1.82) is 0 Å². The number of pyridine rings is 1. The first-order chi connectivity index (χ1) is 13.0. The van der Waals surface area contributed by atoms with Crippen molar-refractivity contribution >= 4 is 33.1 Å². The van der Waals surface area contributed by atoms with E-state index in [0.717, 1.165) is 23.1 Å². The van der Waals surface area contributed by atoms with Crippen LogP contribution in [0.4, 0.5) is 10.1 Å². The number of amides is 1. The van der Waals surface area contributed by atoms with Gasteiger partial charge < -0.3 is 15.7 Å². The lowest BCUT2D eigenvalue weighted by molar-refractivity contribution is 0.0672. The number of aromatic nitrogens is 1. The Morgan fingerprint density at radius 3 is 2.89 bits per heavy atom. The number of nitrogens with zero attached hydrogens (tertiary/aromatic N) is 2. The summed E-state index contributed by atoms with van der Waals surface area (Å²) in [7, 11) is 0. The second-order valence-electron chi connectivity index (χ2n) is 6.80. The highest BCUT2D eigenvalue weighted by molar-refractivity contribution is 7.21.